The van der Waals surface area contributed by atoms with Crippen LogP contribution < -0.4 is 0 Å². The predicted molar refractivity (Wildman–Crippen MR) is 102 cm³/mol. The Morgan fingerprint density at radius 1 is 0.474 bits per heavy atom. The van der Waals surface area contributed by atoms with E-state index in [1.807, 2.05) is 0 Å². The van der Waals surface area contributed by atoms with Crippen molar-refractivity contribution in [2.45, 2.75) is 88.1 Å². The Kier molecular flexibility index (Phi) is 20800. The third-order valence-electron chi connectivity index (χ3n) is 0. The molecule has 0 radical (unpaired) electrons. The monoisotopic (exact) mass is 804 g/mol. The average Bonchev–Trinajstić information content (AvgIpc) is 2.03. The molecule has 0 aliphatic heterocycles. The van der Waals surface area contributed by atoms with E-state index in [2.05, 4.69) is 28.7 Å². The molecule has 0 amide bonds. The molecule has 0 spiro atoms. The Bertz CT molecular complexity index is 21.5. The molecule has 0 aliphatic rings. The summed E-state index contributed by atoms with van der Waals surface area (Å²) in [6.07, 6.45) is 0. The second-order valence-corrected chi connectivity index (χ2v) is 0. The van der Waals surface area contributed by atoms with E-state index < -0.39 is 0 Å². The van der Waals surface area contributed by atoms with Crippen LogP contribution in [0.1, 0.15) is 90.9 Å². The first kappa shape index (κ1) is 231. The smallest absolute Gasteiger partial charge is 0.358 e. The Morgan fingerprint density at radius 3 is 0.474 bits per heavy atom. The second kappa shape index (κ2) is 1710. The summed E-state index contributed by atoms with van der Waals surface area (Å²) in [5.74, 6) is 0. The summed E-state index contributed by atoms with van der Waals surface area (Å²) in [5, 5.41) is 0. The van der Waals surface area contributed by atoms with Crippen molar-refractivity contribution < 1.29 is 65.9 Å². The SMILES string of the molecule is C.C.C.C.C.C.C.C.C.C.[3H][CH2-].[3H][CH2-].[CH2-]C.[CH2-]C.[W+2].[W+2].[W]. The van der Waals surface area contributed by atoms with Gasteiger partial charge in [-0.25, -0.2) is 2.74 Å². The molecule has 0 heterocycles. The van der Waals surface area contributed by atoms with E-state index in [4.69, 9.17) is 2.74 Å². The van der Waals surface area contributed by atoms with E-state index in [1.165, 1.54) is 0 Å². The van der Waals surface area contributed by atoms with Crippen molar-refractivity contribution in [1.29, 1.82) is 0 Å². The van der Waals surface area contributed by atoms with Crippen LogP contribution in [0.4, 0.5) is 0 Å². The molecule has 0 aromatic heterocycles. The number of hydrogen-bond acceptors (Lipinski definition) is 0. The molecule has 0 bridgehead atoms. The van der Waals surface area contributed by atoms with Gasteiger partial charge in [-0.05, 0) is 0 Å². The topological polar surface area (TPSA) is 0 Å². The van der Waals surface area contributed by atoms with E-state index >= 15 is 0 Å². The summed E-state index contributed by atoms with van der Waals surface area (Å²) in [6, 6.07) is 0. The van der Waals surface area contributed by atoms with Gasteiger partial charge in [0.25, 0.3) is 0 Å². The molecule has 0 aromatic carbocycles. The fourth-order valence-corrected chi connectivity index (χ4v) is 0. The van der Waals surface area contributed by atoms with E-state index in [0.29, 0.717) is 0 Å². The summed E-state index contributed by atoms with van der Waals surface area (Å²) in [4.78, 5) is 0. The van der Waals surface area contributed by atoms with E-state index in [9.17, 15) is 0 Å². The summed E-state index contributed by atoms with van der Waals surface area (Å²) in [6.45, 7) is 10.0. The molecule has 19 heavy (non-hydrogen) atoms. The summed E-state index contributed by atoms with van der Waals surface area (Å²) in [5.41, 5.74) is 0. The minimum atomic E-state index is 0. The molecule has 0 aliphatic carbocycles. The van der Waals surface area contributed by atoms with Gasteiger partial charge < -0.3 is 28.7 Å². The van der Waals surface area contributed by atoms with Crippen molar-refractivity contribution in [3.63, 3.8) is 0 Å². The maximum atomic E-state index is 5.50. The van der Waals surface area contributed by atoms with Crippen LogP contribution in [0.15, 0.2) is 0 Å². The standard InChI is InChI=1S/2C2H5.10CH4.2CH3.3W/c2*1-2;;;;;;;;;;;;;;;/h2*1H2,2H3;10*1H4;2*1H3;;;/q2*-1;;;;;;;;;;;2*-1;;2*+2/i;;;;;;;;;;;;2*1T;;;. The van der Waals surface area contributed by atoms with Gasteiger partial charge in [0.2, 0.25) is 0 Å². The molecule has 138 valence electrons. The molecule has 0 saturated heterocycles. The third kappa shape index (κ3) is 1540. The zero-order valence-electron chi connectivity index (χ0n) is 8.05. The molecule has 0 unspecified atom stereocenters. The molecular formula is C16H56W3. The average molecular weight is 804 g/mol. The second-order valence-electron chi connectivity index (χ2n) is 0. The number of hydrogen-bond donors (Lipinski definition) is 0. The first-order valence-corrected chi connectivity index (χ1v) is 1.41. The first-order valence-electron chi connectivity index (χ1n) is 2.83. The number of rotatable bonds is 0. The normalized spacial score (nSPS) is 1.37. The van der Waals surface area contributed by atoms with Crippen LogP contribution in [0.3, 0.4) is 0 Å². The van der Waals surface area contributed by atoms with Crippen LogP contribution in [0.25, 0.3) is 0 Å². The summed E-state index contributed by atoms with van der Waals surface area (Å²) >= 11 is 0. The third-order valence-corrected chi connectivity index (χ3v) is 0. The minimum Gasteiger partial charge on any atom is -0.358 e. The van der Waals surface area contributed by atoms with E-state index in [-0.39, 0.29) is 137 Å². The van der Waals surface area contributed by atoms with Crippen molar-refractivity contribution in [1.82, 2.24) is 0 Å². The fraction of sp³-hybridized carbons (Fsp3) is 0.750. The van der Waals surface area contributed by atoms with Crippen molar-refractivity contribution in [3.8, 4) is 0 Å². The molecule has 0 nitrogen and oxygen atoms in total. The van der Waals surface area contributed by atoms with Gasteiger partial charge in [0.05, 0.1) is 0 Å². The maximum absolute atomic E-state index is 5.50. The zero-order chi connectivity index (χ0) is 8.00. The van der Waals surface area contributed by atoms with Crippen LogP contribution in [0, 0.1) is 28.7 Å². The van der Waals surface area contributed by atoms with Gasteiger partial charge in [-0.3, -0.25) is 0 Å². The van der Waals surface area contributed by atoms with Crippen molar-refractivity contribution in [3.05, 3.63) is 28.7 Å². The largest absolute Gasteiger partial charge is 2.00 e. The van der Waals surface area contributed by atoms with Gasteiger partial charge in [-0.1, -0.05) is 74.3 Å². The molecule has 0 atom stereocenters. The molecule has 0 aromatic rings. The maximum Gasteiger partial charge on any atom is 2.00 e. The van der Waals surface area contributed by atoms with Crippen molar-refractivity contribution in [2.75, 3.05) is 0 Å². The van der Waals surface area contributed by atoms with Crippen molar-refractivity contribution in [2.24, 2.45) is 0 Å². The van der Waals surface area contributed by atoms with Gasteiger partial charge >= 0.3 is 42.1 Å². The van der Waals surface area contributed by atoms with Crippen molar-refractivity contribution >= 4 is 0 Å². The molecule has 0 rings (SSSR count). The Hall–Kier alpha value is 2.06. The van der Waals surface area contributed by atoms with Gasteiger partial charge in [-0.2, -0.15) is 13.8 Å². The fourth-order valence-electron chi connectivity index (χ4n) is 0. The van der Waals surface area contributed by atoms with E-state index in [1.54, 1.807) is 13.8 Å². The summed E-state index contributed by atoms with van der Waals surface area (Å²) in [7, 11) is 5.00. The van der Waals surface area contributed by atoms with Gasteiger partial charge in [0.1, 0.15) is 0 Å². The van der Waals surface area contributed by atoms with Crippen LogP contribution in [0.5, 0.6) is 0 Å². The summed E-state index contributed by atoms with van der Waals surface area (Å²) < 4.78 is 11.0. The molecular weight excluding hydrogens is 744 g/mol. The minimum absolute atomic E-state index is 0. The molecule has 0 saturated carbocycles. The molecule has 0 N–H and O–H groups in total. The molecule has 0 fully saturated rings. The zero-order valence-corrected chi connectivity index (χ0v) is 14.9. The first-order chi connectivity index (χ1) is 4.00. The quantitative estimate of drug-likeness (QED) is 0.215. The van der Waals surface area contributed by atoms with Gasteiger partial charge in [-0.15, -0.1) is 0 Å². The Labute approximate surface area is 181 Å². The van der Waals surface area contributed by atoms with Crippen LogP contribution in [-0.2, 0) is 63.2 Å². The predicted octanol–water partition coefficient (Wildman–Crippen LogP) is 8.93. The molecule has 3 heteroatoms. The van der Waals surface area contributed by atoms with Gasteiger partial charge in [0, 0.05) is 21.1 Å². The Morgan fingerprint density at radius 2 is 0.474 bits per heavy atom. The van der Waals surface area contributed by atoms with Crippen LogP contribution in [-0.4, -0.2) is 0 Å². The van der Waals surface area contributed by atoms with Crippen LogP contribution >= 0.6 is 0 Å². The van der Waals surface area contributed by atoms with E-state index in [0.717, 1.165) is 0 Å². The van der Waals surface area contributed by atoms with Gasteiger partial charge in [0.15, 0.2) is 0 Å². The Balaban J connectivity index is -0.000000000561. The van der Waals surface area contributed by atoms with Crippen LogP contribution in [0.2, 0.25) is 0 Å².